The largest absolute Gasteiger partial charge is 0.451 e. The highest BCUT2D eigenvalue weighted by molar-refractivity contribution is 7.85. The van der Waals surface area contributed by atoms with E-state index in [1.54, 1.807) is 0 Å². The van der Waals surface area contributed by atoms with Crippen molar-refractivity contribution in [2.24, 2.45) is 11.8 Å². The Kier molecular flexibility index (Phi) is 9.09. The molecule has 1 N–H and O–H groups in total. The monoisotopic (exact) mass is 488 g/mol. The molecule has 1 aromatic carbocycles. The number of alkyl halides is 3. The fraction of sp³-hybridized carbons (Fsp3) is 0.579. The van der Waals surface area contributed by atoms with Gasteiger partial charge in [0.25, 0.3) is 10.1 Å². The second kappa shape index (κ2) is 11.0. The topological polar surface area (TPSA) is 107 Å². The summed E-state index contributed by atoms with van der Waals surface area (Å²) in [5.41, 5.74) is 2.73. The van der Waals surface area contributed by atoms with Gasteiger partial charge in [0.2, 0.25) is 6.10 Å². The van der Waals surface area contributed by atoms with Gasteiger partial charge in [-0.3, -0.25) is 14.1 Å². The highest BCUT2D eigenvalue weighted by Gasteiger charge is 2.48. The molecule has 0 radical (unpaired) electrons. The van der Waals surface area contributed by atoms with Crippen molar-refractivity contribution in [3.63, 3.8) is 0 Å². The molecule has 0 aliphatic heterocycles. The van der Waals surface area contributed by atoms with Crippen LogP contribution in [0.3, 0.4) is 0 Å². The van der Waals surface area contributed by atoms with E-state index in [4.69, 9.17) is 9.29 Å². The van der Waals surface area contributed by atoms with Gasteiger partial charge in [-0.15, -0.1) is 0 Å². The molecule has 1 aliphatic rings. The zero-order valence-electron chi connectivity index (χ0n) is 18.8. The van der Waals surface area contributed by atoms with Crippen LogP contribution in [0, 0.1) is 11.8 Å². The minimum absolute atomic E-state index is 0.102. The van der Waals surface area contributed by atoms with E-state index in [-0.39, 0.29) is 12.8 Å². The van der Waals surface area contributed by atoms with Crippen molar-refractivity contribution in [1.29, 1.82) is 0 Å². The SMILES string of the molecule is BCc1cc(CB)c(OC(=O)C2CCCC2C(=O)OC(CS(=O)(=O)O)C(F)(F)F)c(CB)c1. The van der Waals surface area contributed by atoms with Gasteiger partial charge >= 0.3 is 18.1 Å². The van der Waals surface area contributed by atoms with Crippen molar-refractivity contribution in [1.82, 2.24) is 0 Å². The summed E-state index contributed by atoms with van der Waals surface area (Å²) in [6.07, 6.45) is -5.51. The molecule has 0 bridgehead atoms. The van der Waals surface area contributed by atoms with E-state index in [1.165, 1.54) is 0 Å². The van der Waals surface area contributed by atoms with E-state index < -0.39 is 51.9 Å². The standard InChI is InChI=1S/C19H26B3F3O7S/c20-6-10-4-11(7-21)16(12(5-10)8-22)32-18(27)14-3-1-2-13(14)17(26)31-15(19(23,24)25)9-33(28,29)30/h4-5,13-15H,1-3,6-9,20-22H2,(H,28,29,30). The van der Waals surface area contributed by atoms with Gasteiger partial charge < -0.3 is 9.47 Å². The number of ether oxygens (including phenoxy) is 2. The van der Waals surface area contributed by atoms with Gasteiger partial charge in [0.05, 0.1) is 11.8 Å². The Morgan fingerprint density at radius 2 is 1.55 bits per heavy atom. The van der Waals surface area contributed by atoms with Gasteiger partial charge in [-0.1, -0.05) is 43.1 Å². The molecular weight excluding hydrogens is 462 g/mol. The molecule has 7 nitrogen and oxygen atoms in total. The van der Waals surface area contributed by atoms with E-state index in [1.807, 2.05) is 35.7 Å². The number of carbonyl (C=O) groups is 2. The number of hydrogen-bond acceptors (Lipinski definition) is 6. The first-order valence-electron chi connectivity index (χ1n) is 10.9. The fourth-order valence-electron chi connectivity index (χ4n) is 4.00. The van der Waals surface area contributed by atoms with Gasteiger partial charge in [0.1, 0.15) is 35.0 Å². The van der Waals surface area contributed by atoms with Gasteiger partial charge in [-0.05, 0) is 24.0 Å². The third-order valence-electron chi connectivity index (χ3n) is 5.78. The van der Waals surface area contributed by atoms with Gasteiger partial charge in [-0.2, -0.15) is 21.6 Å². The lowest BCUT2D eigenvalue weighted by Gasteiger charge is -2.24. The van der Waals surface area contributed by atoms with Crippen molar-refractivity contribution in [2.75, 3.05) is 5.75 Å². The summed E-state index contributed by atoms with van der Waals surface area (Å²) in [7, 11) is 0.770. The second-order valence-electron chi connectivity index (χ2n) is 8.08. The Morgan fingerprint density at radius 3 is 1.97 bits per heavy atom. The third-order valence-corrected chi connectivity index (χ3v) is 6.51. The Labute approximate surface area is 193 Å². The minimum atomic E-state index is -5.20. The zero-order valence-corrected chi connectivity index (χ0v) is 19.6. The molecule has 1 aliphatic carbocycles. The molecular formula is C19H26B3F3O7S. The molecule has 0 spiro atoms. The molecule has 33 heavy (non-hydrogen) atoms. The maximum absolute atomic E-state index is 13.1. The summed E-state index contributed by atoms with van der Waals surface area (Å²) in [6.45, 7) is 0. The third kappa shape index (κ3) is 7.27. The molecule has 3 atom stereocenters. The van der Waals surface area contributed by atoms with Crippen LogP contribution in [0.5, 0.6) is 5.75 Å². The maximum Gasteiger partial charge on any atom is 0.426 e. The molecule has 2 rings (SSSR count). The number of rotatable bonds is 9. The second-order valence-corrected chi connectivity index (χ2v) is 9.58. The predicted molar refractivity (Wildman–Crippen MR) is 122 cm³/mol. The molecule has 1 aromatic rings. The van der Waals surface area contributed by atoms with Crippen molar-refractivity contribution in [2.45, 2.75) is 50.5 Å². The van der Waals surface area contributed by atoms with Gasteiger partial charge in [0, 0.05) is 0 Å². The van der Waals surface area contributed by atoms with Crippen molar-refractivity contribution in [3.05, 3.63) is 28.8 Å². The Bertz CT molecular complexity index is 960. The van der Waals surface area contributed by atoms with Crippen LogP contribution in [0.4, 0.5) is 13.2 Å². The Balaban J connectivity index is 2.23. The molecule has 14 heteroatoms. The van der Waals surface area contributed by atoms with Crippen molar-refractivity contribution in [3.8, 4) is 5.75 Å². The quantitative estimate of drug-likeness (QED) is 0.222. The van der Waals surface area contributed by atoms with Crippen LogP contribution in [0.15, 0.2) is 12.1 Å². The lowest BCUT2D eigenvalue weighted by molar-refractivity contribution is -0.218. The van der Waals surface area contributed by atoms with E-state index in [2.05, 4.69) is 4.74 Å². The van der Waals surface area contributed by atoms with Crippen LogP contribution < -0.4 is 4.74 Å². The molecule has 180 valence electrons. The lowest BCUT2D eigenvalue weighted by atomic mass is 9.85. The van der Waals surface area contributed by atoms with Crippen LogP contribution in [-0.2, 0) is 43.4 Å². The Morgan fingerprint density at radius 1 is 1.03 bits per heavy atom. The average Bonchev–Trinajstić information content (AvgIpc) is 3.21. The first-order chi connectivity index (χ1) is 15.3. The Hall–Kier alpha value is -1.95. The predicted octanol–water partition coefficient (Wildman–Crippen LogP) is -0.231. The minimum Gasteiger partial charge on any atom is -0.451 e. The molecule has 0 heterocycles. The first kappa shape index (κ1) is 27.3. The summed E-state index contributed by atoms with van der Waals surface area (Å²) in [5, 5.41) is 0. The van der Waals surface area contributed by atoms with Crippen LogP contribution in [-0.4, -0.2) is 66.5 Å². The van der Waals surface area contributed by atoms with Crippen molar-refractivity contribution >= 4 is 45.6 Å². The number of halogens is 3. The van der Waals surface area contributed by atoms with Crippen LogP contribution in [0.1, 0.15) is 36.0 Å². The normalized spacial score (nSPS) is 19.8. The number of carbonyl (C=O) groups excluding carboxylic acids is 2. The average molecular weight is 488 g/mol. The first-order valence-corrected chi connectivity index (χ1v) is 12.5. The number of esters is 2. The molecule has 3 unspecified atom stereocenters. The number of benzene rings is 1. The zero-order chi connectivity index (χ0) is 25.0. The summed E-state index contributed by atoms with van der Waals surface area (Å²) in [5.74, 6) is -5.70. The highest BCUT2D eigenvalue weighted by atomic mass is 32.2. The summed E-state index contributed by atoms with van der Waals surface area (Å²) >= 11 is 0. The van der Waals surface area contributed by atoms with E-state index >= 15 is 0 Å². The fourth-order valence-corrected chi connectivity index (χ4v) is 4.64. The maximum atomic E-state index is 13.1. The van der Waals surface area contributed by atoms with E-state index in [9.17, 15) is 31.2 Å². The summed E-state index contributed by atoms with van der Waals surface area (Å²) in [6, 6.07) is 3.87. The van der Waals surface area contributed by atoms with E-state index in [0.29, 0.717) is 24.8 Å². The number of hydrogen-bond donors (Lipinski definition) is 1. The smallest absolute Gasteiger partial charge is 0.426 e. The molecule has 1 saturated carbocycles. The van der Waals surface area contributed by atoms with Crippen molar-refractivity contribution < 1.29 is 45.2 Å². The molecule has 0 aromatic heterocycles. The molecule has 0 amide bonds. The van der Waals surface area contributed by atoms with Crippen LogP contribution >= 0.6 is 0 Å². The lowest BCUT2D eigenvalue weighted by Crippen LogP contribution is -2.42. The summed E-state index contributed by atoms with van der Waals surface area (Å²) in [4.78, 5) is 25.4. The van der Waals surface area contributed by atoms with E-state index in [0.717, 1.165) is 23.0 Å². The van der Waals surface area contributed by atoms with Crippen LogP contribution in [0.2, 0.25) is 0 Å². The van der Waals surface area contributed by atoms with Gasteiger partial charge in [-0.25, -0.2) is 0 Å². The highest BCUT2D eigenvalue weighted by Crippen LogP contribution is 2.37. The van der Waals surface area contributed by atoms with Crippen LogP contribution in [0.25, 0.3) is 0 Å². The summed E-state index contributed by atoms with van der Waals surface area (Å²) < 4.78 is 80.1. The molecule has 0 saturated heterocycles. The molecule has 1 fully saturated rings. The van der Waals surface area contributed by atoms with Gasteiger partial charge in [0.15, 0.2) is 0 Å².